The number of carbonyl (C=O) groups excluding carboxylic acids is 1. The van der Waals surface area contributed by atoms with Crippen LogP contribution in [0.3, 0.4) is 0 Å². The second-order valence-corrected chi connectivity index (χ2v) is 6.28. The summed E-state index contributed by atoms with van der Waals surface area (Å²) in [5, 5.41) is 17.3. The standard InChI is InChI=1S/C18H23N7O3/c1-3-22(4-2)11-12-24-15-8-6-5-7-14(15)19-18(24)20-17(26)13-23-10-9-16(21-23)25(27)28/h5-10H,3-4,11-13H2,1-2H3,(H,19,20,26). The number of fused-ring (bicyclic) bond motifs is 1. The summed E-state index contributed by atoms with van der Waals surface area (Å²) in [4.78, 5) is 29.4. The first-order valence-electron chi connectivity index (χ1n) is 9.17. The number of rotatable bonds is 9. The second-order valence-electron chi connectivity index (χ2n) is 6.28. The molecule has 0 radical (unpaired) electrons. The van der Waals surface area contributed by atoms with Crippen molar-refractivity contribution in [2.75, 3.05) is 25.0 Å². The minimum atomic E-state index is -0.596. The SMILES string of the molecule is CCN(CC)CCn1c(NC(=O)Cn2ccc([N+](=O)[O-])n2)nc2ccccc21. The molecule has 3 rings (SSSR count). The lowest BCUT2D eigenvalue weighted by molar-refractivity contribution is -0.389. The summed E-state index contributed by atoms with van der Waals surface area (Å²) in [7, 11) is 0. The Kier molecular flexibility index (Phi) is 5.99. The highest BCUT2D eigenvalue weighted by atomic mass is 16.6. The number of imidazole rings is 1. The average Bonchev–Trinajstić information content (AvgIpc) is 3.27. The van der Waals surface area contributed by atoms with Crippen molar-refractivity contribution in [2.45, 2.75) is 26.9 Å². The highest BCUT2D eigenvalue weighted by molar-refractivity contribution is 5.91. The Morgan fingerprint density at radius 1 is 1.25 bits per heavy atom. The number of nitrogens with one attached hydrogen (secondary N) is 1. The van der Waals surface area contributed by atoms with Crippen molar-refractivity contribution >= 4 is 28.7 Å². The first-order valence-corrected chi connectivity index (χ1v) is 9.17. The van der Waals surface area contributed by atoms with Gasteiger partial charge >= 0.3 is 5.82 Å². The fourth-order valence-electron chi connectivity index (χ4n) is 3.03. The molecule has 0 fully saturated rings. The molecule has 1 aromatic carbocycles. The van der Waals surface area contributed by atoms with Gasteiger partial charge in [-0.05, 0) is 30.1 Å². The molecule has 0 bridgehead atoms. The minimum Gasteiger partial charge on any atom is -0.358 e. The van der Waals surface area contributed by atoms with Crippen LogP contribution in [0.1, 0.15) is 13.8 Å². The van der Waals surface area contributed by atoms with Crippen molar-refractivity contribution in [1.29, 1.82) is 0 Å². The molecular weight excluding hydrogens is 362 g/mol. The summed E-state index contributed by atoms with van der Waals surface area (Å²) in [6.45, 7) is 7.51. The van der Waals surface area contributed by atoms with Crippen molar-refractivity contribution in [3.05, 3.63) is 46.6 Å². The highest BCUT2D eigenvalue weighted by Gasteiger charge is 2.17. The van der Waals surface area contributed by atoms with Crippen LogP contribution in [0, 0.1) is 10.1 Å². The summed E-state index contributed by atoms with van der Waals surface area (Å²) >= 11 is 0. The molecule has 1 amide bonds. The number of nitrogens with zero attached hydrogens (tertiary/aromatic N) is 6. The Bertz CT molecular complexity index is 975. The predicted octanol–water partition coefficient (Wildman–Crippen LogP) is 2.12. The second kappa shape index (κ2) is 8.61. The first kappa shape index (κ1) is 19.5. The Labute approximate surface area is 161 Å². The van der Waals surface area contributed by atoms with Gasteiger partial charge in [-0.2, -0.15) is 4.68 Å². The third-order valence-electron chi connectivity index (χ3n) is 4.56. The summed E-state index contributed by atoms with van der Waals surface area (Å²) in [6, 6.07) is 8.96. The number of likely N-dealkylation sites (N-methyl/N-ethyl adjacent to an activating group) is 1. The fraction of sp³-hybridized carbons (Fsp3) is 0.389. The molecule has 0 aliphatic rings. The van der Waals surface area contributed by atoms with E-state index in [1.54, 1.807) is 0 Å². The van der Waals surface area contributed by atoms with Gasteiger partial charge in [0.15, 0.2) is 0 Å². The lowest BCUT2D eigenvalue weighted by Crippen LogP contribution is -2.28. The molecule has 3 aromatic rings. The maximum absolute atomic E-state index is 12.4. The van der Waals surface area contributed by atoms with Gasteiger partial charge in [0.2, 0.25) is 11.9 Å². The third-order valence-corrected chi connectivity index (χ3v) is 4.56. The molecule has 0 atom stereocenters. The average molecular weight is 385 g/mol. The van der Waals surface area contributed by atoms with Gasteiger partial charge < -0.3 is 19.6 Å². The molecule has 148 valence electrons. The van der Waals surface area contributed by atoms with E-state index in [9.17, 15) is 14.9 Å². The molecule has 2 aromatic heterocycles. The number of amides is 1. The smallest absolute Gasteiger partial charge is 0.358 e. The number of anilines is 1. The van der Waals surface area contributed by atoms with Gasteiger partial charge in [0.25, 0.3) is 0 Å². The van der Waals surface area contributed by atoms with E-state index in [4.69, 9.17) is 0 Å². The van der Waals surface area contributed by atoms with Crippen molar-refractivity contribution in [1.82, 2.24) is 24.2 Å². The number of hydrogen-bond acceptors (Lipinski definition) is 6. The quantitative estimate of drug-likeness (QED) is 0.446. The van der Waals surface area contributed by atoms with E-state index in [0.717, 1.165) is 30.7 Å². The monoisotopic (exact) mass is 385 g/mol. The summed E-state index contributed by atoms with van der Waals surface area (Å²) in [5.74, 6) is -0.184. The van der Waals surface area contributed by atoms with Crippen LogP contribution in [0.4, 0.5) is 11.8 Å². The molecule has 0 aliphatic heterocycles. The van der Waals surface area contributed by atoms with Crippen LogP contribution in [0.5, 0.6) is 0 Å². The van der Waals surface area contributed by atoms with Crippen LogP contribution in [-0.4, -0.2) is 54.7 Å². The maximum atomic E-state index is 12.4. The number of benzene rings is 1. The predicted molar refractivity (Wildman–Crippen MR) is 105 cm³/mol. The molecule has 10 heteroatoms. The van der Waals surface area contributed by atoms with Crippen molar-refractivity contribution in [2.24, 2.45) is 0 Å². The van der Waals surface area contributed by atoms with Crippen LogP contribution in [0.2, 0.25) is 0 Å². The third kappa shape index (κ3) is 4.34. The lowest BCUT2D eigenvalue weighted by Gasteiger charge is -2.19. The molecule has 10 nitrogen and oxygen atoms in total. The van der Waals surface area contributed by atoms with Gasteiger partial charge in [-0.15, -0.1) is 0 Å². The number of carbonyl (C=O) groups is 1. The zero-order chi connectivity index (χ0) is 20.1. The summed E-state index contributed by atoms with van der Waals surface area (Å²) in [5.41, 5.74) is 1.74. The molecule has 2 heterocycles. The topological polar surface area (TPSA) is 111 Å². The van der Waals surface area contributed by atoms with Gasteiger partial charge in [0, 0.05) is 13.1 Å². The van der Waals surface area contributed by atoms with E-state index < -0.39 is 4.92 Å². The van der Waals surface area contributed by atoms with E-state index in [2.05, 4.69) is 34.1 Å². The Balaban J connectivity index is 1.77. The van der Waals surface area contributed by atoms with Crippen molar-refractivity contribution < 1.29 is 9.72 Å². The molecule has 0 saturated carbocycles. The first-order chi connectivity index (χ1) is 13.5. The Morgan fingerprint density at radius 3 is 2.68 bits per heavy atom. The van der Waals surface area contributed by atoms with E-state index in [0.29, 0.717) is 12.5 Å². The Hall–Kier alpha value is -3.27. The van der Waals surface area contributed by atoms with Gasteiger partial charge in [-0.1, -0.05) is 26.0 Å². The normalized spacial score (nSPS) is 11.2. The van der Waals surface area contributed by atoms with E-state index >= 15 is 0 Å². The summed E-state index contributed by atoms with van der Waals surface area (Å²) in [6.07, 6.45) is 1.40. The molecule has 0 spiro atoms. The largest absolute Gasteiger partial charge is 0.389 e. The van der Waals surface area contributed by atoms with Crippen LogP contribution in [0.25, 0.3) is 11.0 Å². The Morgan fingerprint density at radius 2 is 2.00 bits per heavy atom. The molecule has 28 heavy (non-hydrogen) atoms. The van der Waals surface area contributed by atoms with Crippen LogP contribution in [-0.2, 0) is 17.9 Å². The molecule has 0 saturated heterocycles. The van der Waals surface area contributed by atoms with E-state index in [1.807, 2.05) is 28.8 Å². The van der Waals surface area contributed by atoms with Crippen molar-refractivity contribution in [3.8, 4) is 0 Å². The van der Waals surface area contributed by atoms with Crippen LogP contribution < -0.4 is 5.32 Å². The summed E-state index contributed by atoms with van der Waals surface area (Å²) < 4.78 is 3.22. The van der Waals surface area contributed by atoms with Gasteiger partial charge in [-0.3, -0.25) is 10.1 Å². The fourth-order valence-corrected chi connectivity index (χ4v) is 3.03. The zero-order valence-corrected chi connectivity index (χ0v) is 15.9. The number of hydrogen-bond donors (Lipinski definition) is 1. The lowest BCUT2D eigenvalue weighted by atomic mass is 10.3. The number of aromatic nitrogens is 4. The zero-order valence-electron chi connectivity index (χ0n) is 15.9. The van der Waals surface area contributed by atoms with E-state index in [1.165, 1.54) is 16.9 Å². The van der Waals surface area contributed by atoms with Gasteiger partial charge in [0.1, 0.15) is 6.54 Å². The minimum absolute atomic E-state index is 0.132. The molecule has 1 N–H and O–H groups in total. The van der Waals surface area contributed by atoms with Gasteiger partial charge in [-0.25, -0.2) is 4.98 Å². The number of para-hydroxylation sites is 2. The van der Waals surface area contributed by atoms with Crippen LogP contribution >= 0.6 is 0 Å². The van der Waals surface area contributed by atoms with E-state index in [-0.39, 0.29) is 18.3 Å². The molecule has 0 aliphatic carbocycles. The number of nitro groups is 1. The van der Waals surface area contributed by atoms with Crippen LogP contribution in [0.15, 0.2) is 36.5 Å². The molecular formula is C18H23N7O3. The maximum Gasteiger partial charge on any atom is 0.389 e. The van der Waals surface area contributed by atoms with Crippen molar-refractivity contribution in [3.63, 3.8) is 0 Å². The van der Waals surface area contributed by atoms with Gasteiger partial charge in [0.05, 0.1) is 28.4 Å². The molecule has 0 unspecified atom stereocenters. The highest BCUT2D eigenvalue weighted by Crippen LogP contribution is 2.19.